The van der Waals surface area contributed by atoms with Gasteiger partial charge < -0.3 is 9.84 Å². The molecule has 0 fully saturated rings. The van der Waals surface area contributed by atoms with Crippen LogP contribution >= 0.6 is 0 Å². The highest BCUT2D eigenvalue weighted by atomic mass is 16.5. The predicted molar refractivity (Wildman–Crippen MR) is 45.6 cm³/mol. The van der Waals surface area contributed by atoms with Gasteiger partial charge in [0.1, 0.15) is 5.69 Å². The zero-order chi connectivity index (χ0) is 9.84. The van der Waals surface area contributed by atoms with E-state index in [9.17, 15) is 4.79 Å². The largest absolute Gasteiger partial charge is 0.477 e. The molecule has 0 atom stereocenters. The molecule has 1 N–H and O–H groups in total. The first-order valence-corrected chi connectivity index (χ1v) is 3.98. The summed E-state index contributed by atoms with van der Waals surface area (Å²) in [5.41, 5.74) is 0.844. The lowest BCUT2D eigenvalue weighted by Gasteiger charge is -1.97. The second-order valence-electron chi connectivity index (χ2n) is 2.57. The Hall–Kier alpha value is -1.36. The molecule has 0 aromatic carbocycles. The Balaban J connectivity index is 2.97. The average Bonchev–Trinajstić information content (AvgIpc) is 2.48. The molecule has 0 aliphatic carbocycles. The summed E-state index contributed by atoms with van der Waals surface area (Å²) in [4.78, 5) is 10.7. The first-order chi connectivity index (χ1) is 6.19. The topological polar surface area (TPSA) is 64.4 Å². The van der Waals surface area contributed by atoms with Crippen LogP contribution in [0, 0.1) is 0 Å². The van der Waals surface area contributed by atoms with Crippen LogP contribution in [0.4, 0.5) is 0 Å². The molecule has 13 heavy (non-hydrogen) atoms. The number of carboxylic acid groups (broad SMARTS) is 1. The number of aryl methyl sites for hydroxylation is 1. The third-order valence-electron chi connectivity index (χ3n) is 1.64. The van der Waals surface area contributed by atoms with E-state index in [0.29, 0.717) is 18.8 Å². The maximum Gasteiger partial charge on any atom is 0.354 e. The summed E-state index contributed by atoms with van der Waals surface area (Å²) in [5, 5.41) is 12.8. The van der Waals surface area contributed by atoms with Gasteiger partial charge in [0.25, 0.3) is 0 Å². The molecule has 5 nitrogen and oxygen atoms in total. The van der Waals surface area contributed by atoms with Gasteiger partial charge in [0.05, 0.1) is 12.3 Å². The first kappa shape index (κ1) is 9.73. The van der Waals surface area contributed by atoms with E-state index < -0.39 is 5.97 Å². The number of carboxylic acids is 1. The Kier molecular flexibility index (Phi) is 3.02. The Labute approximate surface area is 75.9 Å². The van der Waals surface area contributed by atoms with E-state index in [4.69, 9.17) is 9.84 Å². The van der Waals surface area contributed by atoms with Crippen molar-refractivity contribution in [3.63, 3.8) is 0 Å². The van der Waals surface area contributed by atoms with Gasteiger partial charge in [0.15, 0.2) is 0 Å². The number of hydrogen-bond acceptors (Lipinski definition) is 3. The van der Waals surface area contributed by atoms with Crippen LogP contribution in [-0.2, 0) is 17.9 Å². The standard InChI is InChI=1S/C8H12N2O3/c1-3-10-7(8(11)12)4-6(9-10)5-13-2/h4H,3,5H2,1-2H3,(H,11,12). The van der Waals surface area contributed by atoms with Crippen molar-refractivity contribution in [3.8, 4) is 0 Å². The van der Waals surface area contributed by atoms with E-state index in [1.807, 2.05) is 6.92 Å². The van der Waals surface area contributed by atoms with Gasteiger partial charge in [-0.15, -0.1) is 0 Å². The normalized spacial score (nSPS) is 10.3. The van der Waals surface area contributed by atoms with Crippen molar-refractivity contribution < 1.29 is 14.6 Å². The summed E-state index contributed by atoms with van der Waals surface area (Å²) < 4.78 is 6.29. The Morgan fingerprint density at radius 3 is 2.85 bits per heavy atom. The van der Waals surface area contributed by atoms with Gasteiger partial charge in [-0.1, -0.05) is 0 Å². The fourth-order valence-electron chi connectivity index (χ4n) is 1.10. The van der Waals surface area contributed by atoms with Crippen LogP contribution in [0.2, 0.25) is 0 Å². The van der Waals surface area contributed by atoms with Gasteiger partial charge in [-0.2, -0.15) is 5.10 Å². The molecule has 0 radical (unpaired) electrons. The molecule has 1 rings (SSSR count). The number of aromatic nitrogens is 2. The lowest BCUT2D eigenvalue weighted by Crippen LogP contribution is -2.08. The van der Waals surface area contributed by atoms with E-state index in [1.165, 1.54) is 10.7 Å². The minimum absolute atomic E-state index is 0.203. The van der Waals surface area contributed by atoms with Crippen LogP contribution in [0.25, 0.3) is 0 Å². The lowest BCUT2D eigenvalue weighted by atomic mass is 10.3. The third-order valence-corrected chi connectivity index (χ3v) is 1.64. The van der Waals surface area contributed by atoms with Crippen LogP contribution in [0.5, 0.6) is 0 Å². The van der Waals surface area contributed by atoms with Gasteiger partial charge in [-0.25, -0.2) is 4.79 Å². The van der Waals surface area contributed by atoms with Gasteiger partial charge in [-0.05, 0) is 13.0 Å². The zero-order valence-corrected chi connectivity index (χ0v) is 7.65. The molecule has 0 saturated heterocycles. The van der Waals surface area contributed by atoms with Crippen molar-refractivity contribution in [1.29, 1.82) is 0 Å². The molecular formula is C8H12N2O3. The maximum atomic E-state index is 10.7. The summed E-state index contributed by atoms with van der Waals surface area (Å²) in [7, 11) is 1.55. The number of aromatic carboxylic acids is 1. The molecule has 0 saturated carbocycles. The molecular weight excluding hydrogens is 172 g/mol. The van der Waals surface area contributed by atoms with Gasteiger partial charge >= 0.3 is 5.97 Å². The van der Waals surface area contributed by atoms with Gasteiger partial charge in [0, 0.05) is 13.7 Å². The van der Waals surface area contributed by atoms with Crippen molar-refractivity contribution in [1.82, 2.24) is 9.78 Å². The second kappa shape index (κ2) is 4.04. The molecule has 1 aromatic rings. The molecule has 0 aliphatic heterocycles. The SMILES string of the molecule is CCn1nc(COC)cc1C(=O)O. The quantitative estimate of drug-likeness (QED) is 0.749. The molecule has 72 valence electrons. The van der Waals surface area contributed by atoms with Crippen LogP contribution in [0.3, 0.4) is 0 Å². The predicted octanol–water partition coefficient (Wildman–Crippen LogP) is 0.748. The molecule has 0 amide bonds. The first-order valence-electron chi connectivity index (χ1n) is 3.98. The third kappa shape index (κ3) is 2.06. The second-order valence-corrected chi connectivity index (χ2v) is 2.57. The number of hydrogen-bond donors (Lipinski definition) is 1. The van der Waals surface area contributed by atoms with Crippen molar-refractivity contribution in [2.45, 2.75) is 20.1 Å². The van der Waals surface area contributed by atoms with Crippen LogP contribution in [0.1, 0.15) is 23.1 Å². The number of ether oxygens (including phenoxy) is 1. The zero-order valence-electron chi connectivity index (χ0n) is 7.65. The summed E-state index contributed by atoms with van der Waals surface area (Å²) in [6.07, 6.45) is 0. The fourth-order valence-corrected chi connectivity index (χ4v) is 1.10. The molecule has 0 unspecified atom stereocenters. The van der Waals surface area contributed by atoms with E-state index in [2.05, 4.69) is 5.10 Å². The van der Waals surface area contributed by atoms with Crippen LogP contribution in [0.15, 0.2) is 6.07 Å². The maximum absolute atomic E-state index is 10.7. The number of carbonyl (C=O) groups is 1. The van der Waals surface area contributed by atoms with Crippen molar-refractivity contribution >= 4 is 5.97 Å². The van der Waals surface area contributed by atoms with Crippen molar-refractivity contribution in [2.75, 3.05) is 7.11 Å². The molecule has 0 spiro atoms. The highest BCUT2D eigenvalue weighted by molar-refractivity contribution is 5.85. The summed E-state index contributed by atoms with van der Waals surface area (Å²) in [6, 6.07) is 1.52. The highest BCUT2D eigenvalue weighted by Crippen LogP contribution is 2.05. The minimum atomic E-state index is -0.961. The smallest absolute Gasteiger partial charge is 0.354 e. The Bertz CT molecular complexity index is 306. The summed E-state index contributed by atoms with van der Waals surface area (Å²) in [5.74, 6) is -0.961. The van der Waals surface area contributed by atoms with E-state index in [1.54, 1.807) is 7.11 Å². The average molecular weight is 184 g/mol. The Morgan fingerprint density at radius 2 is 2.46 bits per heavy atom. The molecule has 0 bridgehead atoms. The number of nitrogens with zero attached hydrogens (tertiary/aromatic N) is 2. The van der Waals surface area contributed by atoms with Gasteiger partial charge in [0.2, 0.25) is 0 Å². The molecule has 1 heterocycles. The fraction of sp³-hybridized carbons (Fsp3) is 0.500. The summed E-state index contributed by atoms with van der Waals surface area (Å²) in [6.45, 7) is 2.73. The van der Waals surface area contributed by atoms with Crippen LogP contribution < -0.4 is 0 Å². The lowest BCUT2D eigenvalue weighted by molar-refractivity contribution is 0.0683. The molecule has 1 aromatic heterocycles. The highest BCUT2D eigenvalue weighted by Gasteiger charge is 2.12. The monoisotopic (exact) mass is 184 g/mol. The van der Waals surface area contributed by atoms with E-state index in [-0.39, 0.29) is 5.69 Å². The van der Waals surface area contributed by atoms with Gasteiger partial charge in [-0.3, -0.25) is 4.68 Å². The molecule has 0 aliphatic rings. The van der Waals surface area contributed by atoms with Crippen molar-refractivity contribution in [3.05, 3.63) is 17.5 Å². The Morgan fingerprint density at radius 1 is 1.77 bits per heavy atom. The van der Waals surface area contributed by atoms with E-state index in [0.717, 1.165) is 0 Å². The van der Waals surface area contributed by atoms with Crippen LogP contribution in [-0.4, -0.2) is 28.0 Å². The minimum Gasteiger partial charge on any atom is -0.477 e. The molecule has 5 heteroatoms. The van der Waals surface area contributed by atoms with E-state index >= 15 is 0 Å². The summed E-state index contributed by atoms with van der Waals surface area (Å²) >= 11 is 0. The number of methoxy groups -OCH3 is 1. The number of rotatable bonds is 4. The van der Waals surface area contributed by atoms with Crippen molar-refractivity contribution in [2.24, 2.45) is 0 Å².